The Morgan fingerprint density at radius 1 is 1.13 bits per heavy atom. The van der Waals surface area contributed by atoms with Crippen LogP contribution < -0.4 is 10.2 Å². The van der Waals surface area contributed by atoms with Crippen LogP contribution in [-0.2, 0) is 21.2 Å². The third-order valence-corrected chi connectivity index (χ3v) is 7.76. The van der Waals surface area contributed by atoms with Crippen molar-refractivity contribution < 1.29 is 27.5 Å². The van der Waals surface area contributed by atoms with Crippen LogP contribution in [0.2, 0.25) is 0 Å². The number of rotatable bonds is 9. The molecule has 0 spiro atoms. The summed E-state index contributed by atoms with van der Waals surface area (Å²) >= 11 is 0. The third kappa shape index (κ3) is 6.49. The van der Waals surface area contributed by atoms with Gasteiger partial charge in [0.15, 0.2) is 0 Å². The first-order valence-corrected chi connectivity index (χ1v) is 11.7. The van der Waals surface area contributed by atoms with E-state index in [1.54, 1.807) is 12.1 Å². The van der Waals surface area contributed by atoms with E-state index in [4.69, 9.17) is 9.94 Å². The molecule has 168 valence electrons. The minimum absolute atomic E-state index is 0.185. The van der Waals surface area contributed by atoms with E-state index >= 15 is 0 Å². The zero-order chi connectivity index (χ0) is 22.3. The van der Waals surface area contributed by atoms with Crippen molar-refractivity contribution in [1.82, 2.24) is 9.79 Å². The number of piperidine rings is 1. The van der Waals surface area contributed by atoms with Gasteiger partial charge in [-0.2, -0.15) is 0 Å². The largest absolute Gasteiger partial charge is 0.493 e. The Morgan fingerprint density at radius 3 is 2.39 bits per heavy atom. The molecule has 2 aromatic rings. The van der Waals surface area contributed by atoms with Crippen molar-refractivity contribution in [2.24, 2.45) is 5.92 Å². The van der Waals surface area contributed by atoms with Crippen LogP contribution in [0.5, 0.6) is 5.75 Å². The molecule has 31 heavy (non-hydrogen) atoms. The van der Waals surface area contributed by atoms with Gasteiger partial charge in [0.05, 0.1) is 11.9 Å². The number of hydrogen-bond acceptors (Lipinski definition) is 5. The van der Waals surface area contributed by atoms with Gasteiger partial charge in [-0.1, -0.05) is 30.3 Å². The normalized spacial score (nSPS) is 16.6. The van der Waals surface area contributed by atoms with E-state index in [1.807, 2.05) is 30.3 Å². The van der Waals surface area contributed by atoms with Gasteiger partial charge < -0.3 is 4.74 Å². The number of nitrogens with one attached hydrogen (secondary N) is 1. The van der Waals surface area contributed by atoms with Crippen LogP contribution in [0.3, 0.4) is 0 Å². The van der Waals surface area contributed by atoms with Crippen LogP contribution in [0, 0.1) is 11.7 Å². The second-order valence-electron chi connectivity index (χ2n) is 7.70. The highest BCUT2D eigenvalue weighted by atomic mass is 32.2. The van der Waals surface area contributed by atoms with Gasteiger partial charge in [0.2, 0.25) is 15.9 Å². The maximum Gasteiger partial charge on any atom is 0.244 e. The molecule has 1 amide bonds. The van der Waals surface area contributed by atoms with Gasteiger partial charge in [-0.3, -0.25) is 10.0 Å². The first kappa shape index (κ1) is 23.2. The molecule has 1 heterocycles. The van der Waals surface area contributed by atoms with E-state index < -0.39 is 21.2 Å². The molecule has 1 fully saturated rings. The van der Waals surface area contributed by atoms with Gasteiger partial charge in [0.25, 0.3) is 0 Å². The first-order valence-electron chi connectivity index (χ1n) is 10.2. The Bertz CT molecular complexity index is 946. The van der Waals surface area contributed by atoms with Gasteiger partial charge in [0.1, 0.15) is 11.6 Å². The topological polar surface area (TPSA) is 95.9 Å². The van der Waals surface area contributed by atoms with Crippen molar-refractivity contribution in [3.63, 3.8) is 0 Å². The lowest BCUT2D eigenvalue weighted by atomic mass is 9.99. The van der Waals surface area contributed by atoms with Gasteiger partial charge in [-0.15, -0.1) is 0 Å². The quantitative estimate of drug-likeness (QED) is 0.452. The lowest BCUT2D eigenvalue weighted by molar-refractivity contribution is -0.129. The summed E-state index contributed by atoms with van der Waals surface area (Å²) in [4.78, 5) is 11.8. The molecule has 0 radical (unpaired) electrons. The fourth-order valence-corrected chi connectivity index (χ4v) is 5.60. The molecule has 2 aromatic carbocycles. The molecule has 0 aromatic heterocycles. The predicted octanol–water partition coefficient (Wildman–Crippen LogP) is 2.75. The van der Waals surface area contributed by atoms with E-state index in [9.17, 15) is 17.6 Å². The third-order valence-electron chi connectivity index (χ3n) is 5.50. The standard InChI is InChI=1S/C22H27FN2O5S/c23-19-6-8-20(9-7-19)30-16-18-10-12-25(13-11-18)31(28,29)21(15-22(26)24-27)14-17-4-2-1-3-5-17/h1-9,18,21,27H,10-16H2,(H,24,26). The number of hydrogen-bond donors (Lipinski definition) is 2. The van der Waals surface area contributed by atoms with Crippen molar-refractivity contribution in [3.8, 4) is 5.75 Å². The zero-order valence-corrected chi connectivity index (χ0v) is 17.9. The van der Waals surface area contributed by atoms with Crippen LogP contribution in [0.1, 0.15) is 24.8 Å². The van der Waals surface area contributed by atoms with Crippen molar-refractivity contribution in [2.45, 2.75) is 30.9 Å². The van der Waals surface area contributed by atoms with Crippen molar-refractivity contribution in [2.75, 3.05) is 19.7 Å². The van der Waals surface area contributed by atoms with Crippen molar-refractivity contribution >= 4 is 15.9 Å². The van der Waals surface area contributed by atoms with E-state index in [0.717, 1.165) is 5.56 Å². The molecule has 1 unspecified atom stereocenters. The average molecular weight is 451 g/mol. The molecular weight excluding hydrogens is 423 g/mol. The Labute approximate surface area is 181 Å². The lowest BCUT2D eigenvalue weighted by Gasteiger charge is -2.33. The zero-order valence-electron chi connectivity index (χ0n) is 17.1. The number of carbonyl (C=O) groups is 1. The molecule has 9 heteroatoms. The predicted molar refractivity (Wildman–Crippen MR) is 114 cm³/mol. The Balaban J connectivity index is 1.60. The molecule has 2 N–H and O–H groups in total. The van der Waals surface area contributed by atoms with E-state index in [1.165, 1.54) is 21.9 Å². The molecule has 1 aliphatic rings. The monoisotopic (exact) mass is 450 g/mol. The average Bonchev–Trinajstić information content (AvgIpc) is 2.79. The Morgan fingerprint density at radius 2 is 1.77 bits per heavy atom. The fraction of sp³-hybridized carbons (Fsp3) is 0.409. The number of nitrogens with zero attached hydrogens (tertiary/aromatic N) is 1. The summed E-state index contributed by atoms with van der Waals surface area (Å²) in [5.41, 5.74) is 2.35. The summed E-state index contributed by atoms with van der Waals surface area (Å²) in [5.74, 6) is -0.294. The highest BCUT2D eigenvalue weighted by Crippen LogP contribution is 2.25. The van der Waals surface area contributed by atoms with E-state index in [-0.39, 0.29) is 24.6 Å². The fourth-order valence-electron chi connectivity index (χ4n) is 3.70. The molecule has 0 saturated carbocycles. The number of sulfonamides is 1. The molecule has 1 aliphatic heterocycles. The van der Waals surface area contributed by atoms with Crippen LogP contribution in [-0.4, -0.2) is 48.8 Å². The van der Waals surface area contributed by atoms with Crippen molar-refractivity contribution in [1.29, 1.82) is 0 Å². The van der Waals surface area contributed by atoms with E-state index in [0.29, 0.717) is 38.3 Å². The number of benzene rings is 2. The molecule has 1 atom stereocenters. The van der Waals surface area contributed by atoms with Gasteiger partial charge in [-0.05, 0) is 55.0 Å². The van der Waals surface area contributed by atoms with Gasteiger partial charge in [-0.25, -0.2) is 22.6 Å². The highest BCUT2D eigenvalue weighted by molar-refractivity contribution is 7.89. The van der Waals surface area contributed by atoms with Crippen LogP contribution in [0.15, 0.2) is 54.6 Å². The number of halogens is 1. The van der Waals surface area contributed by atoms with Gasteiger partial charge >= 0.3 is 0 Å². The summed E-state index contributed by atoms with van der Waals surface area (Å²) in [7, 11) is -3.74. The lowest BCUT2D eigenvalue weighted by Crippen LogP contribution is -2.46. The highest BCUT2D eigenvalue weighted by Gasteiger charge is 2.36. The molecule has 1 saturated heterocycles. The molecule has 0 aliphatic carbocycles. The summed E-state index contributed by atoms with van der Waals surface area (Å²) in [5, 5.41) is 7.92. The summed E-state index contributed by atoms with van der Waals surface area (Å²) < 4.78 is 46.6. The van der Waals surface area contributed by atoms with Gasteiger partial charge in [0, 0.05) is 19.5 Å². The molecule has 7 nitrogen and oxygen atoms in total. The SMILES string of the molecule is O=C(CC(Cc1ccccc1)S(=O)(=O)N1CCC(COc2ccc(F)cc2)CC1)NO. The summed E-state index contributed by atoms with van der Waals surface area (Å²) in [6, 6.07) is 14.9. The van der Waals surface area contributed by atoms with Crippen molar-refractivity contribution in [3.05, 3.63) is 66.0 Å². The molecule has 3 rings (SSSR count). The van der Waals surface area contributed by atoms with Crippen LogP contribution in [0.25, 0.3) is 0 Å². The minimum atomic E-state index is -3.74. The maximum atomic E-state index is 13.3. The number of amides is 1. The minimum Gasteiger partial charge on any atom is -0.493 e. The number of carbonyl (C=O) groups excluding carboxylic acids is 1. The first-order chi connectivity index (χ1) is 14.9. The second kappa shape index (κ2) is 10.7. The summed E-state index contributed by atoms with van der Waals surface area (Å²) in [6.07, 6.45) is 1.13. The summed E-state index contributed by atoms with van der Waals surface area (Å²) in [6.45, 7) is 1.11. The van der Waals surface area contributed by atoms with E-state index in [2.05, 4.69) is 0 Å². The second-order valence-corrected chi connectivity index (χ2v) is 9.92. The smallest absolute Gasteiger partial charge is 0.244 e. The Kier molecular flexibility index (Phi) is 8.00. The maximum absolute atomic E-state index is 13.3. The van der Waals surface area contributed by atoms with Crippen LogP contribution >= 0.6 is 0 Å². The number of ether oxygens (including phenoxy) is 1. The molecule has 0 bridgehead atoms. The molecular formula is C22H27FN2O5S. The Hall–Kier alpha value is -2.49. The van der Waals surface area contributed by atoms with Crippen LogP contribution in [0.4, 0.5) is 4.39 Å². The number of hydroxylamine groups is 1.